The molecule has 1 atom stereocenters. The molecule has 2 heterocycles. The first-order valence-corrected chi connectivity index (χ1v) is 8.87. The summed E-state index contributed by atoms with van der Waals surface area (Å²) in [6.07, 6.45) is 0.592. The van der Waals surface area contributed by atoms with Crippen LogP contribution in [0.25, 0.3) is 5.69 Å². The SMILES string of the molecule is Fc1ccc(CC2CCCc3nn(-c4cc(C(F)(F)F)ncc4F)cc32)cc1. The maximum absolute atomic E-state index is 14.2. The number of halogens is 5. The maximum Gasteiger partial charge on any atom is 0.433 e. The van der Waals surface area contributed by atoms with Crippen LogP contribution >= 0.6 is 0 Å². The molecule has 146 valence electrons. The third kappa shape index (κ3) is 3.63. The van der Waals surface area contributed by atoms with E-state index < -0.39 is 17.7 Å². The number of hydrogen-bond acceptors (Lipinski definition) is 2. The van der Waals surface area contributed by atoms with Crippen LogP contribution in [-0.2, 0) is 19.0 Å². The van der Waals surface area contributed by atoms with Crippen LogP contribution in [0.15, 0.2) is 42.7 Å². The Kier molecular flexibility index (Phi) is 4.64. The molecule has 3 nitrogen and oxygen atoms in total. The summed E-state index contributed by atoms with van der Waals surface area (Å²) in [5.41, 5.74) is 1.16. The lowest BCUT2D eigenvalue weighted by Crippen LogP contribution is -2.11. The minimum atomic E-state index is -4.67. The molecule has 0 radical (unpaired) electrons. The van der Waals surface area contributed by atoms with Gasteiger partial charge in [-0.3, -0.25) is 0 Å². The average molecular weight is 393 g/mol. The van der Waals surface area contributed by atoms with Gasteiger partial charge in [0.1, 0.15) is 17.2 Å². The minimum Gasteiger partial charge on any atom is -0.249 e. The molecule has 4 rings (SSSR count). The third-order valence-corrected chi connectivity index (χ3v) is 5.00. The van der Waals surface area contributed by atoms with Crippen molar-refractivity contribution in [2.75, 3.05) is 0 Å². The van der Waals surface area contributed by atoms with E-state index in [0.29, 0.717) is 25.1 Å². The number of benzene rings is 1. The normalized spacial score (nSPS) is 16.8. The summed E-state index contributed by atoms with van der Waals surface area (Å²) in [5, 5.41) is 4.33. The fraction of sp³-hybridized carbons (Fsp3) is 0.300. The zero-order valence-corrected chi connectivity index (χ0v) is 14.7. The lowest BCUT2D eigenvalue weighted by Gasteiger charge is -2.21. The smallest absolute Gasteiger partial charge is 0.249 e. The first-order chi connectivity index (χ1) is 13.3. The molecule has 0 fully saturated rings. The van der Waals surface area contributed by atoms with Gasteiger partial charge in [0.25, 0.3) is 0 Å². The van der Waals surface area contributed by atoms with E-state index in [0.717, 1.165) is 29.7 Å². The Hall–Kier alpha value is -2.77. The average Bonchev–Trinajstić information content (AvgIpc) is 3.08. The van der Waals surface area contributed by atoms with Crippen molar-refractivity contribution in [3.63, 3.8) is 0 Å². The van der Waals surface area contributed by atoms with Gasteiger partial charge >= 0.3 is 6.18 Å². The topological polar surface area (TPSA) is 30.7 Å². The minimum absolute atomic E-state index is 0.0925. The van der Waals surface area contributed by atoms with E-state index >= 15 is 0 Å². The summed E-state index contributed by atoms with van der Waals surface area (Å²) in [7, 11) is 0. The molecule has 0 N–H and O–H groups in total. The van der Waals surface area contributed by atoms with Crippen molar-refractivity contribution in [1.82, 2.24) is 14.8 Å². The van der Waals surface area contributed by atoms with E-state index in [9.17, 15) is 22.0 Å². The van der Waals surface area contributed by atoms with Crippen molar-refractivity contribution in [2.24, 2.45) is 0 Å². The van der Waals surface area contributed by atoms with Gasteiger partial charge in [0, 0.05) is 6.20 Å². The van der Waals surface area contributed by atoms with Crippen LogP contribution in [0.2, 0.25) is 0 Å². The van der Waals surface area contributed by atoms with Crippen molar-refractivity contribution in [2.45, 2.75) is 37.8 Å². The van der Waals surface area contributed by atoms with E-state index in [-0.39, 0.29) is 17.4 Å². The fourth-order valence-corrected chi connectivity index (χ4v) is 3.63. The largest absolute Gasteiger partial charge is 0.433 e. The molecule has 1 unspecified atom stereocenters. The molecular weight excluding hydrogens is 377 g/mol. The predicted molar refractivity (Wildman–Crippen MR) is 92.1 cm³/mol. The van der Waals surface area contributed by atoms with Crippen LogP contribution in [-0.4, -0.2) is 14.8 Å². The number of alkyl halides is 3. The van der Waals surface area contributed by atoms with Crippen molar-refractivity contribution < 1.29 is 22.0 Å². The Morgan fingerprint density at radius 3 is 2.57 bits per heavy atom. The molecule has 3 aromatic rings. The summed E-state index contributed by atoms with van der Waals surface area (Å²) in [6.45, 7) is 0. The van der Waals surface area contributed by atoms with Gasteiger partial charge in [0.2, 0.25) is 0 Å². The Labute approximate surface area is 157 Å². The number of rotatable bonds is 3. The van der Waals surface area contributed by atoms with Crippen LogP contribution in [0, 0.1) is 11.6 Å². The Balaban J connectivity index is 1.68. The maximum atomic E-state index is 14.2. The number of fused-ring (bicyclic) bond motifs is 1. The molecule has 1 aliphatic rings. The second-order valence-corrected chi connectivity index (χ2v) is 6.91. The van der Waals surface area contributed by atoms with Gasteiger partial charge in [0.05, 0.1) is 11.9 Å². The standard InChI is InChI=1S/C20H16F5N3/c21-14-6-4-12(5-7-14)8-13-2-1-3-17-15(13)11-28(27-17)18-9-19(20(23,24)25)26-10-16(18)22/h4-7,9-11,13H,1-3,8H2. The molecule has 0 aliphatic heterocycles. The quantitative estimate of drug-likeness (QED) is 0.571. The first kappa shape index (κ1) is 18.6. The zero-order valence-electron chi connectivity index (χ0n) is 14.7. The van der Waals surface area contributed by atoms with E-state index in [1.54, 1.807) is 18.3 Å². The highest BCUT2D eigenvalue weighted by Crippen LogP contribution is 2.35. The van der Waals surface area contributed by atoms with Gasteiger partial charge in [-0.2, -0.15) is 18.3 Å². The molecule has 0 bridgehead atoms. The Morgan fingerprint density at radius 1 is 1.11 bits per heavy atom. The molecule has 0 amide bonds. The Bertz CT molecular complexity index is 992. The predicted octanol–water partition coefficient (Wildman–Crippen LogP) is 5.23. The Morgan fingerprint density at radius 2 is 1.86 bits per heavy atom. The number of pyridine rings is 1. The summed E-state index contributed by atoms with van der Waals surface area (Å²) in [5.74, 6) is -1.09. The van der Waals surface area contributed by atoms with Crippen LogP contribution in [0.4, 0.5) is 22.0 Å². The number of aromatic nitrogens is 3. The summed E-state index contributed by atoms with van der Waals surface area (Å²) in [4.78, 5) is 3.12. The number of hydrogen-bond donors (Lipinski definition) is 0. The highest BCUT2D eigenvalue weighted by molar-refractivity contribution is 5.38. The van der Waals surface area contributed by atoms with Gasteiger partial charge in [-0.25, -0.2) is 18.4 Å². The summed E-state index contributed by atoms with van der Waals surface area (Å²) < 4.78 is 67.2. The zero-order chi connectivity index (χ0) is 19.9. The molecule has 0 spiro atoms. The lowest BCUT2D eigenvalue weighted by atomic mass is 9.83. The van der Waals surface area contributed by atoms with Crippen LogP contribution in [0.5, 0.6) is 0 Å². The molecule has 1 aromatic carbocycles. The molecule has 1 aliphatic carbocycles. The van der Waals surface area contributed by atoms with Gasteiger partial charge in [-0.15, -0.1) is 0 Å². The molecule has 0 saturated heterocycles. The van der Waals surface area contributed by atoms with Crippen LogP contribution < -0.4 is 0 Å². The highest BCUT2D eigenvalue weighted by Gasteiger charge is 2.34. The van der Waals surface area contributed by atoms with Gasteiger partial charge < -0.3 is 0 Å². The highest BCUT2D eigenvalue weighted by atomic mass is 19.4. The molecule has 0 saturated carbocycles. The van der Waals surface area contributed by atoms with Gasteiger partial charge in [0.15, 0.2) is 5.82 Å². The first-order valence-electron chi connectivity index (χ1n) is 8.87. The molecule has 28 heavy (non-hydrogen) atoms. The van der Waals surface area contributed by atoms with E-state index in [1.165, 1.54) is 16.8 Å². The third-order valence-electron chi connectivity index (χ3n) is 5.00. The van der Waals surface area contributed by atoms with Gasteiger partial charge in [-0.05, 0) is 60.9 Å². The molecule has 2 aromatic heterocycles. The van der Waals surface area contributed by atoms with Crippen molar-refractivity contribution in [3.8, 4) is 5.69 Å². The lowest BCUT2D eigenvalue weighted by molar-refractivity contribution is -0.141. The molecular formula is C20H16F5N3. The van der Waals surface area contributed by atoms with E-state index in [1.807, 2.05) is 0 Å². The van der Waals surface area contributed by atoms with Crippen molar-refractivity contribution >= 4 is 0 Å². The summed E-state index contributed by atoms with van der Waals surface area (Å²) >= 11 is 0. The second-order valence-electron chi connectivity index (χ2n) is 6.91. The summed E-state index contributed by atoms with van der Waals surface area (Å²) in [6, 6.07) is 6.89. The fourth-order valence-electron chi connectivity index (χ4n) is 3.63. The van der Waals surface area contributed by atoms with E-state index in [2.05, 4.69) is 10.1 Å². The molecule has 8 heteroatoms. The van der Waals surface area contributed by atoms with Crippen molar-refractivity contribution in [3.05, 3.63) is 76.9 Å². The van der Waals surface area contributed by atoms with Crippen LogP contribution in [0.3, 0.4) is 0 Å². The van der Waals surface area contributed by atoms with E-state index in [4.69, 9.17) is 0 Å². The monoisotopic (exact) mass is 393 g/mol. The van der Waals surface area contributed by atoms with Gasteiger partial charge in [-0.1, -0.05) is 12.1 Å². The van der Waals surface area contributed by atoms with Crippen molar-refractivity contribution in [1.29, 1.82) is 0 Å². The number of aryl methyl sites for hydroxylation is 1. The number of nitrogens with zero attached hydrogens (tertiary/aromatic N) is 3. The second kappa shape index (κ2) is 7.00. The van der Waals surface area contributed by atoms with Crippen LogP contribution in [0.1, 0.15) is 41.3 Å².